The Hall–Kier alpha value is -1.82. The van der Waals surface area contributed by atoms with Crippen molar-refractivity contribution in [2.24, 2.45) is 0 Å². The lowest BCUT2D eigenvalue weighted by Gasteiger charge is -2.09. The molecular weight excluding hydrogens is 250 g/mol. The number of sulfonamides is 1. The molecule has 0 saturated heterocycles. The number of aromatic amines is 1. The van der Waals surface area contributed by atoms with Crippen LogP contribution in [0.4, 0.5) is 5.69 Å². The van der Waals surface area contributed by atoms with E-state index in [0.29, 0.717) is 11.4 Å². The minimum atomic E-state index is -3.58. The Morgan fingerprint density at radius 3 is 2.22 bits per heavy atom. The van der Waals surface area contributed by atoms with Gasteiger partial charge in [0.25, 0.3) is 10.0 Å². The highest BCUT2D eigenvalue weighted by Crippen LogP contribution is 2.19. The Labute approximate surface area is 106 Å². The van der Waals surface area contributed by atoms with Crippen molar-refractivity contribution in [3.8, 4) is 0 Å². The van der Waals surface area contributed by atoms with Crippen LogP contribution in [0.2, 0.25) is 0 Å². The molecule has 0 saturated carbocycles. The third-order valence-electron chi connectivity index (χ3n) is 2.55. The quantitative estimate of drug-likeness (QED) is 0.892. The van der Waals surface area contributed by atoms with Crippen molar-refractivity contribution in [3.05, 3.63) is 41.2 Å². The average molecular weight is 265 g/mol. The number of rotatable bonds is 3. The van der Waals surface area contributed by atoms with Gasteiger partial charge in [0.1, 0.15) is 4.90 Å². The molecule has 2 rings (SSSR count). The minimum Gasteiger partial charge on any atom is -0.281 e. The molecule has 96 valence electrons. The second-order valence-corrected chi connectivity index (χ2v) is 5.99. The normalized spacial score (nSPS) is 11.5. The number of hydrogen-bond acceptors (Lipinski definition) is 3. The molecule has 0 unspecified atom stereocenters. The fourth-order valence-electron chi connectivity index (χ4n) is 1.85. The Morgan fingerprint density at radius 2 is 1.72 bits per heavy atom. The van der Waals surface area contributed by atoms with Gasteiger partial charge in [0, 0.05) is 5.69 Å². The van der Waals surface area contributed by atoms with Crippen LogP contribution in [0.3, 0.4) is 0 Å². The number of nitrogens with zero attached hydrogens (tertiary/aromatic N) is 1. The van der Waals surface area contributed by atoms with E-state index < -0.39 is 10.0 Å². The smallest absolute Gasteiger partial charge is 0.265 e. The maximum absolute atomic E-state index is 12.1. The van der Waals surface area contributed by atoms with Gasteiger partial charge in [-0.05, 0) is 44.0 Å². The molecule has 0 radical (unpaired) electrons. The lowest BCUT2D eigenvalue weighted by molar-refractivity contribution is 0.600. The summed E-state index contributed by atoms with van der Waals surface area (Å²) in [6, 6.07) is 5.57. The molecule has 0 aliphatic rings. The van der Waals surface area contributed by atoms with Gasteiger partial charge in [-0.25, -0.2) is 8.42 Å². The molecule has 6 heteroatoms. The molecule has 5 nitrogen and oxygen atoms in total. The van der Waals surface area contributed by atoms with Crippen molar-refractivity contribution in [3.63, 3.8) is 0 Å². The fourth-order valence-corrected chi connectivity index (χ4v) is 3.03. The predicted molar refractivity (Wildman–Crippen MR) is 70.0 cm³/mol. The third-order valence-corrected chi connectivity index (χ3v) is 4.04. The zero-order valence-corrected chi connectivity index (χ0v) is 11.3. The molecule has 0 bridgehead atoms. The molecule has 0 atom stereocenters. The first-order valence-corrected chi connectivity index (χ1v) is 6.98. The number of H-pyrrole nitrogens is 1. The Kier molecular flexibility index (Phi) is 3.13. The Bertz CT molecular complexity index is 654. The average Bonchev–Trinajstić information content (AvgIpc) is 2.62. The van der Waals surface area contributed by atoms with Gasteiger partial charge in [0.2, 0.25) is 0 Å². The van der Waals surface area contributed by atoms with Gasteiger partial charge in [-0.3, -0.25) is 9.82 Å². The van der Waals surface area contributed by atoms with Gasteiger partial charge >= 0.3 is 0 Å². The van der Waals surface area contributed by atoms with Gasteiger partial charge in [-0.2, -0.15) is 5.10 Å². The number of benzene rings is 1. The highest BCUT2D eigenvalue weighted by atomic mass is 32.2. The van der Waals surface area contributed by atoms with Crippen LogP contribution in [-0.2, 0) is 10.0 Å². The maximum atomic E-state index is 12.1. The summed E-state index contributed by atoms with van der Waals surface area (Å²) in [7, 11) is -3.58. The monoisotopic (exact) mass is 265 g/mol. The molecule has 2 aromatic rings. The van der Waals surface area contributed by atoms with Crippen molar-refractivity contribution in [2.75, 3.05) is 4.72 Å². The van der Waals surface area contributed by atoms with Crippen molar-refractivity contribution in [1.29, 1.82) is 0 Å². The maximum Gasteiger partial charge on any atom is 0.265 e. The Balaban J connectivity index is 2.37. The van der Waals surface area contributed by atoms with E-state index in [9.17, 15) is 8.42 Å². The molecule has 0 fully saturated rings. The number of aromatic nitrogens is 2. The summed E-state index contributed by atoms with van der Waals surface area (Å²) in [5.41, 5.74) is 3.10. The van der Waals surface area contributed by atoms with Crippen molar-refractivity contribution in [2.45, 2.75) is 25.7 Å². The van der Waals surface area contributed by atoms with E-state index in [0.717, 1.165) is 11.1 Å². The van der Waals surface area contributed by atoms with Gasteiger partial charge in [-0.15, -0.1) is 0 Å². The van der Waals surface area contributed by atoms with Crippen LogP contribution in [0.5, 0.6) is 0 Å². The number of aryl methyl sites for hydroxylation is 3. The lowest BCUT2D eigenvalue weighted by atomic mass is 10.1. The van der Waals surface area contributed by atoms with Crippen molar-refractivity contribution >= 4 is 15.7 Å². The summed E-state index contributed by atoms with van der Waals surface area (Å²) in [5.74, 6) is 0. The molecule has 1 aromatic carbocycles. The summed E-state index contributed by atoms with van der Waals surface area (Å²) in [6.07, 6.45) is 1.31. The summed E-state index contributed by atoms with van der Waals surface area (Å²) >= 11 is 0. The van der Waals surface area contributed by atoms with E-state index in [1.54, 1.807) is 19.1 Å². The molecule has 0 aliphatic carbocycles. The van der Waals surface area contributed by atoms with Crippen LogP contribution in [0.15, 0.2) is 29.3 Å². The topological polar surface area (TPSA) is 74.8 Å². The van der Waals surface area contributed by atoms with E-state index in [1.807, 2.05) is 19.9 Å². The van der Waals surface area contributed by atoms with Gasteiger partial charge in [-0.1, -0.05) is 6.07 Å². The molecule has 18 heavy (non-hydrogen) atoms. The molecule has 0 spiro atoms. The van der Waals surface area contributed by atoms with Crippen LogP contribution in [0.1, 0.15) is 16.8 Å². The molecule has 2 N–H and O–H groups in total. The summed E-state index contributed by atoms with van der Waals surface area (Å²) in [4.78, 5) is 0.168. The van der Waals surface area contributed by atoms with Gasteiger partial charge < -0.3 is 0 Å². The number of nitrogens with one attached hydrogen (secondary N) is 2. The molecule has 0 amide bonds. The highest BCUT2D eigenvalue weighted by molar-refractivity contribution is 7.92. The van der Waals surface area contributed by atoms with Gasteiger partial charge in [0.05, 0.1) is 11.9 Å². The van der Waals surface area contributed by atoms with Gasteiger partial charge in [0.15, 0.2) is 0 Å². The first-order chi connectivity index (χ1) is 8.38. The summed E-state index contributed by atoms with van der Waals surface area (Å²) in [6.45, 7) is 5.52. The fraction of sp³-hybridized carbons (Fsp3) is 0.250. The van der Waals surface area contributed by atoms with Crippen molar-refractivity contribution in [1.82, 2.24) is 10.2 Å². The summed E-state index contributed by atoms with van der Waals surface area (Å²) < 4.78 is 26.8. The molecule has 1 aromatic heterocycles. The van der Waals surface area contributed by atoms with Crippen LogP contribution in [-0.4, -0.2) is 18.6 Å². The predicted octanol–water partition coefficient (Wildman–Crippen LogP) is 2.14. The first kappa shape index (κ1) is 12.6. The van der Waals surface area contributed by atoms with Crippen LogP contribution < -0.4 is 4.72 Å². The molecule has 1 heterocycles. The second-order valence-electron chi connectivity index (χ2n) is 4.34. The number of hydrogen-bond donors (Lipinski definition) is 2. The largest absolute Gasteiger partial charge is 0.281 e. The van der Waals surface area contributed by atoms with E-state index in [2.05, 4.69) is 14.9 Å². The standard InChI is InChI=1S/C12H15N3O2S/c1-8-4-9(2)6-11(5-8)15-18(16,17)12-7-13-14-10(12)3/h4-7,15H,1-3H3,(H,13,14). The summed E-state index contributed by atoms with van der Waals surface area (Å²) in [5, 5.41) is 6.33. The van der Waals surface area contributed by atoms with Crippen LogP contribution >= 0.6 is 0 Å². The first-order valence-electron chi connectivity index (χ1n) is 5.49. The van der Waals surface area contributed by atoms with Crippen LogP contribution in [0.25, 0.3) is 0 Å². The number of anilines is 1. The van der Waals surface area contributed by atoms with E-state index in [1.165, 1.54) is 6.20 Å². The molecule has 0 aliphatic heterocycles. The lowest BCUT2D eigenvalue weighted by Crippen LogP contribution is -2.13. The minimum absolute atomic E-state index is 0.168. The molecular formula is C12H15N3O2S. The van der Waals surface area contributed by atoms with Crippen LogP contribution in [0, 0.1) is 20.8 Å². The van der Waals surface area contributed by atoms with Crippen molar-refractivity contribution < 1.29 is 8.42 Å². The SMILES string of the molecule is Cc1cc(C)cc(NS(=O)(=O)c2cn[nH]c2C)c1. The zero-order chi connectivity index (χ0) is 13.3. The Morgan fingerprint density at radius 1 is 1.11 bits per heavy atom. The highest BCUT2D eigenvalue weighted by Gasteiger charge is 2.18. The zero-order valence-electron chi connectivity index (χ0n) is 10.5. The van der Waals surface area contributed by atoms with E-state index in [4.69, 9.17) is 0 Å². The third kappa shape index (κ3) is 2.53. The second kappa shape index (κ2) is 4.45. The van der Waals surface area contributed by atoms with E-state index >= 15 is 0 Å². The van der Waals surface area contributed by atoms with E-state index in [-0.39, 0.29) is 4.90 Å².